The molecule has 2 nitrogen and oxygen atoms in total. The van der Waals surface area contributed by atoms with E-state index in [2.05, 4.69) is 170 Å². The van der Waals surface area contributed by atoms with Crippen molar-refractivity contribution in [3.63, 3.8) is 0 Å². The van der Waals surface area contributed by atoms with Gasteiger partial charge in [0.1, 0.15) is 0 Å². The second kappa shape index (κ2) is 11.9. The molecule has 4 aliphatic carbocycles. The summed E-state index contributed by atoms with van der Waals surface area (Å²) in [7, 11) is 0. The van der Waals surface area contributed by atoms with Crippen LogP contribution in [0.3, 0.4) is 0 Å². The predicted octanol–water partition coefficient (Wildman–Crippen LogP) is 12.8. The van der Waals surface area contributed by atoms with Gasteiger partial charge >= 0.3 is 0 Å². The summed E-state index contributed by atoms with van der Waals surface area (Å²) in [5, 5.41) is 0. The maximum Gasteiger partial charge on any atom is 0.193 e. The fourth-order valence-electron chi connectivity index (χ4n) is 11.6. The van der Waals surface area contributed by atoms with Crippen molar-refractivity contribution in [2.24, 2.45) is 0 Å². The Hall–Kier alpha value is -7.68. The van der Waals surface area contributed by atoms with Crippen molar-refractivity contribution in [2.45, 2.75) is 10.8 Å². The summed E-state index contributed by atoms with van der Waals surface area (Å²) >= 11 is 0. The van der Waals surface area contributed by atoms with E-state index in [1.165, 1.54) is 66.8 Å². The highest BCUT2D eigenvalue weighted by Gasteiger charge is 2.53. The molecule has 2 heteroatoms. The molecule has 9 aromatic carbocycles. The molecule has 0 fully saturated rings. The highest BCUT2D eigenvalue weighted by molar-refractivity contribution is 6.13. The molecule has 2 spiro atoms. The monoisotopic (exact) mass is 762 g/mol. The van der Waals surface area contributed by atoms with Gasteiger partial charge in [-0.3, -0.25) is 9.59 Å². The smallest absolute Gasteiger partial charge is 0.193 e. The Morgan fingerprint density at radius 2 is 0.450 bits per heavy atom. The molecule has 0 aromatic heterocycles. The Morgan fingerprint density at radius 3 is 0.717 bits per heavy atom. The van der Waals surface area contributed by atoms with Gasteiger partial charge in [-0.15, -0.1) is 0 Å². The minimum absolute atomic E-state index is 0.0710. The molecule has 0 bridgehead atoms. The zero-order chi connectivity index (χ0) is 39.7. The van der Waals surface area contributed by atoms with E-state index in [1.807, 2.05) is 36.4 Å². The van der Waals surface area contributed by atoms with Crippen LogP contribution in [-0.2, 0) is 10.8 Å². The van der Waals surface area contributed by atoms with Gasteiger partial charge in [-0.1, -0.05) is 194 Å². The molecular formula is C58H34O2. The molecule has 0 amide bonds. The molecule has 0 atom stereocenters. The topological polar surface area (TPSA) is 34.1 Å². The van der Waals surface area contributed by atoms with Crippen molar-refractivity contribution in [3.05, 3.63) is 273 Å². The third-order valence-electron chi connectivity index (χ3n) is 13.9. The Balaban J connectivity index is 0.881. The van der Waals surface area contributed by atoms with E-state index >= 15 is 0 Å². The van der Waals surface area contributed by atoms with Crippen molar-refractivity contribution in [3.8, 4) is 44.5 Å². The molecule has 0 N–H and O–H groups in total. The van der Waals surface area contributed by atoms with E-state index in [4.69, 9.17) is 0 Å². The lowest BCUT2D eigenvalue weighted by atomic mass is 9.70. The summed E-state index contributed by atoms with van der Waals surface area (Å²) < 4.78 is 0. The molecule has 0 unspecified atom stereocenters. The molecular weight excluding hydrogens is 729 g/mol. The second-order valence-electron chi connectivity index (χ2n) is 16.5. The fourth-order valence-corrected chi connectivity index (χ4v) is 11.6. The lowest BCUT2D eigenvalue weighted by Gasteiger charge is -2.30. The standard InChI is InChI=1S/C58H34O2/c59-55(37-29-31-45-43-17-5-11-23-51(43)57(53(45)33-37)47-19-7-1-13-39(47)40-14-2-8-20-48(40)57)35-25-27-36(28-26-35)56(60)38-30-32-46-44-18-6-12-24-52(44)58(54(46)34-38)49-21-9-3-15-41(49)42-16-4-10-22-50(42)58/h1-34H. The molecule has 278 valence electrons. The highest BCUT2D eigenvalue weighted by atomic mass is 16.1. The third-order valence-corrected chi connectivity index (χ3v) is 13.9. The fraction of sp³-hybridized carbons (Fsp3) is 0.0345. The van der Waals surface area contributed by atoms with Crippen LogP contribution in [0.2, 0.25) is 0 Å². The normalized spacial score (nSPS) is 14.4. The summed E-state index contributed by atoms with van der Waals surface area (Å²) in [6.07, 6.45) is 0. The Morgan fingerprint density at radius 1 is 0.233 bits per heavy atom. The zero-order valence-corrected chi connectivity index (χ0v) is 32.4. The van der Waals surface area contributed by atoms with Crippen LogP contribution in [0.5, 0.6) is 0 Å². The van der Waals surface area contributed by atoms with E-state index in [-0.39, 0.29) is 11.6 Å². The first-order valence-corrected chi connectivity index (χ1v) is 20.7. The Kier molecular flexibility index (Phi) is 6.63. The van der Waals surface area contributed by atoms with E-state index < -0.39 is 10.8 Å². The number of fused-ring (bicyclic) bond motifs is 20. The van der Waals surface area contributed by atoms with E-state index in [1.54, 1.807) is 0 Å². The van der Waals surface area contributed by atoms with Crippen molar-refractivity contribution in [1.29, 1.82) is 0 Å². The minimum atomic E-state index is -0.524. The second-order valence-corrected chi connectivity index (χ2v) is 16.5. The lowest BCUT2D eigenvalue weighted by molar-refractivity contribution is 0.102. The van der Waals surface area contributed by atoms with Crippen LogP contribution in [0.25, 0.3) is 44.5 Å². The van der Waals surface area contributed by atoms with Gasteiger partial charge in [0, 0.05) is 22.3 Å². The first kappa shape index (κ1) is 33.3. The number of carbonyl (C=O) groups excluding carboxylic acids is 2. The number of hydrogen-bond acceptors (Lipinski definition) is 2. The van der Waals surface area contributed by atoms with Crippen molar-refractivity contribution in [1.82, 2.24) is 0 Å². The van der Waals surface area contributed by atoms with Gasteiger partial charge in [0.2, 0.25) is 0 Å². The number of hydrogen-bond donors (Lipinski definition) is 0. The maximum absolute atomic E-state index is 14.5. The molecule has 13 rings (SSSR count). The van der Waals surface area contributed by atoms with Crippen molar-refractivity contribution < 1.29 is 9.59 Å². The van der Waals surface area contributed by atoms with Crippen molar-refractivity contribution >= 4 is 11.6 Å². The van der Waals surface area contributed by atoms with Gasteiger partial charge < -0.3 is 0 Å². The molecule has 9 aromatic rings. The van der Waals surface area contributed by atoms with Gasteiger partial charge in [0.05, 0.1) is 10.8 Å². The molecule has 0 heterocycles. The first-order chi connectivity index (χ1) is 29.6. The van der Waals surface area contributed by atoms with Gasteiger partial charge in [-0.05, 0) is 101 Å². The lowest BCUT2D eigenvalue weighted by Crippen LogP contribution is -2.26. The van der Waals surface area contributed by atoms with Crippen LogP contribution >= 0.6 is 0 Å². The number of ketones is 2. The predicted molar refractivity (Wildman–Crippen MR) is 239 cm³/mol. The van der Waals surface area contributed by atoms with Gasteiger partial charge in [0.25, 0.3) is 0 Å². The number of carbonyl (C=O) groups is 2. The van der Waals surface area contributed by atoms with Crippen molar-refractivity contribution in [2.75, 3.05) is 0 Å². The summed E-state index contributed by atoms with van der Waals surface area (Å²) in [5.74, 6) is -0.142. The summed E-state index contributed by atoms with van der Waals surface area (Å²) in [4.78, 5) is 28.9. The first-order valence-electron chi connectivity index (χ1n) is 20.7. The summed E-state index contributed by atoms with van der Waals surface area (Å²) in [6.45, 7) is 0. The average molecular weight is 763 g/mol. The van der Waals surface area contributed by atoms with Crippen LogP contribution < -0.4 is 0 Å². The van der Waals surface area contributed by atoms with Crippen LogP contribution in [0, 0.1) is 0 Å². The SMILES string of the molecule is O=C(c1ccc(C(=O)c2ccc3c(c2)C2(c4ccccc4-c4ccccc42)c2ccccc2-3)cc1)c1ccc2c(c1)C1(c3ccccc3-c3ccccc31)c1ccccc1-2. The molecule has 60 heavy (non-hydrogen) atoms. The van der Waals surface area contributed by atoms with Crippen LogP contribution in [0.4, 0.5) is 0 Å². The minimum Gasteiger partial charge on any atom is -0.289 e. The maximum atomic E-state index is 14.5. The molecule has 0 saturated heterocycles. The Bertz CT molecular complexity index is 3010. The van der Waals surface area contributed by atoms with E-state index in [9.17, 15) is 9.59 Å². The number of benzene rings is 9. The van der Waals surface area contributed by atoms with Gasteiger partial charge in [-0.2, -0.15) is 0 Å². The summed E-state index contributed by atoms with van der Waals surface area (Å²) in [6, 6.07) is 71.8. The van der Waals surface area contributed by atoms with E-state index in [0.29, 0.717) is 22.3 Å². The summed E-state index contributed by atoms with van der Waals surface area (Å²) in [5.41, 5.74) is 20.6. The van der Waals surface area contributed by atoms with Gasteiger partial charge in [-0.25, -0.2) is 0 Å². The third kappa shape index (κ3) is 4.03. The zero-order valence-electron chi connectivity index (χ0n) is 32.4. The number of rotatable bonds is 4. The van der Waals surface area contributed by atoms with Crippen LogP contribution in [-0.4, -0.2) is 11.6 Å². The van der Waals surface area contributed by atoms with Gasteiger partial charge in [0.15, 0.2) is 11.6 Å². The Labute approximate surface area is 348 Å². The van der Waals surface area contributed by atoms with Crippen LogP contribution in [0.1, 0.15) is 76.4 Å². The molecule has 0 saturated carbocycles. The van der Waals surface area contributed by atoms with E-state index in [0.717, 1.165) is 22.3 Å². The molecule has 0 radical (unpaired) electrons. The molecule has 0 aliphatic heterocycles. The molecule has 4 aliphatic rings. The quantitative estimate of drug-likeness (QED) is 0.167. The largest absolute Gasteiger partial charge is 0.289 e. The highest BCUT2D eigenvalue weighted by Crippen LogP contribution is 2.64. The van der Waals surface area contributed by atoms with Crippen LogP contribution in [0.15, 0.2) is 206 Å². The average Bonchev–Trinajstić information content (AvgIpc) is 4.00.